The van der Waals surface area contributed by atoms with E-state index in [1.807, 2.05) is 18.2 Å². The zero-order valence-electron chi connectivity index (χ0n) is 13.9. The van der Waals surface area contributed by atoms with Crippen LogP contribution in [-0.2, 0) is 6.42 Å². The molecule has 0 amide bonds. The second kappa shape index (κ2) is 8.06. The highest BCUT2D eigenvalue weighted by molar-refractivity contribution is 5.79. The number of phenols is 1. The topological polar surface area (TPSA) is 56.7 Å². The average Bonchev–Trinajstić information content (AvgIpc) is 2.46. The van der Waals surface area contributed by atoms with Crippen LogP contribution in [0.5, 0.6) is 5.75 Å². The van der Waals surface area contributed by atoms with Gasteiger partial charge in [-0.2, -0.15) is 0 Å². The number of hydrogen-bond acceptors (Lipinski definition) is 2. The number of hydrogen-bond donors (Lipinski definition) is 3. The van der Waals surface area contributed by atoms with Crippen molar-refractivity contribution in [3.8, 4) is 5.75 Å². The van der Waals surface area contributed by atoms with Gasteiger partial charge in [-0.25, -0.2) is 0 Å². The Labute approximate surface area is 134 Å². The van der Waals surface area contributed by atoms with E-state index < -0.39 is 0 Å². The van der Waals surface area contributed by atoms with Gasteiger partial charge in [0.25, 0.3) is 0 Å². The minimum Gasteiger partial charge on any atom is -0.508 e. The lowest BCUT2D eigenvalue weighted by atomic mass is 9.67. The fourth-order valence-corrected chi connectivity index (χ4v) is 2.93. The first kappa shape index (κ1) is 16.7. The molecule has 1 aliphatic carbocycles. The molecule has 1 fully saturated rings. The molecule has 0 spiro atoms. The molecular weight excluding hydrogens is 274 g/mol. The van der Waals surface area contributed by atoms with Crippen molar-refractivity contribution in [3.05, 3.63) is 29.8 Å². The second-order valence-electron chi connectivity index (χ2n) is 6.25. The summed E-state index contributed by atoms with van der Waals surface area (Å²) in [4.78, 5) is 4.77. The summed E-state index contributed by atoms with van der Waals surface area (Å²) in [7, 11) is 0. The van der Waals surface area contributed by atoms with E-state index >= 15 is 0 Å². The van der Waals surface area contributed by atoms with Crippen LogP contribution in [0, 0.1) is 5.41 Å². The summed E-state index contributed by atoms with van der Waals surface area (Å²) < 4.78 is 0. The molecule has 4 nitrogen and oxygen atoms in total. The Bertz CT molecular complexity index is 489. The Hall–Kier alpha value is -1.71. The van der Waals surface area contributed by atoms with Crippen LogP contribution in [0.25, 0.3) is 0 Å². The van der Waals surface area contributed by atoms with Crippen molar-refractivity contribution in [2.75, 3.05) is 19.6 Å². The van der Waals surface area contributed by atoms with Gasteiger partial charge in [0.1, 0.15) is 5.75 Å². The molecule has 4 heteroatoms. The fourth-order valence-electron chi connectivity index (χ4n) is 2.93. The van der Waals surface area contributed by atoms with Crippen molar-refractivity contribution in [2.45, 2.75) is 46.0 Å². The van der Waals surface area contributed by atoms with Gasteiger partial charge >= 0.3 is 0 Å². The Morgan fingerprint density at radius 3 is 2.68 bits per heavy atom. The molecule has 0 aliphatic heterocycles. The van der Waals surface area contributed by atoms with E-state index in [9.17, 15) is 5.11 Å². The van der Waals surface area contributed by atoms with Crippen LogP contribution in [0.4, 0.5) is 0 Å². The van der Waals surface area contributed by atoms with Gasteiger partial charge in [-0.05, 0) is 55.7 Å². The van der Waals surface area contributed by atoms with Gasteiger partial charge in [-0.15, -0.1) is 0 Å². The molecule has 0 saturated heterocycles. The van der Waals surface area contributed by atoms with Crippen molar-refractivity contribution in [3.63, 3.8) is 0 Å². The Kier molecular flexibility index (Phi) is 6.10. The first-order valence-electron chi connectivity index (χ1n) is 8.47. The highest BCUT2D eigenvalue weighted by atomic mass is 16.3. The first-order valence-corrected chi connectivity index (χ1v) is 8.47. The van der Waals surface area contributed by atoms with Gasteiger partial charge in [0.05, 0.1) is 0 Å². The molecule has 0 unspecified atom stereocenters. The number of nitrogens with one attached hydrogen (secondary N) is 2. The van der Waals surface area contributed by atoms with Crippen LogP contribution >= 0.6 is 0 Å². The highest BCUT2D eigenvalue weighted by Gasteiger charge is 2.34. The van der Waals surface area contributed by atoms with E-state index in [0.717, 1.165) is 37.6 Å². The Balaban J connectivity index is 1.83. The third-order valence-corrected chi connectivity index (χ3v) is 4.70. The molecule has 0 aromatic heterocycles. The number of aromatic hydroxyl groups is 1. The number of nitrogens with zero attached hydrogens (tertiary/aromatic N) is 1. The summed E-state index contributed by atoms with van der Waals surface area (Å²) in [5, 5.41) is 16.2. The van der Waals surface area contributed by atoms with Gasteiger partial charge in [-0.3, -0.25) is 4.99 Å². The number of aliphatic imine (C=N–C) groups is 1. The molecule has 1 aliphatic rings. The van der Waals surface area contributed by atoms with E-state index in [1.54, 1.807) is 6.07 Å². The van der Waals surface area contributed by atoms with E-state index in [-0.39, 0.29) is 0 Å². The molecule has 3 N–H and O–H groups in total. The highest BCUT2D eigenvalue weighted by Crippen LogP contribution is 2.43. The van der Waals surface area contributed by atoms with E-state index in [4.69, 9.17) is 4.99 Å². The standard InChI is InChI=1S/C18H29N3O/c1-3-18(10-6-11-18)14-21-17(19-4-2)20-12-9-15-7-5-8-16(22)13-15/h5,7-8,13,22H,3-4,6,9-12,14H2,1-2H3,(H2,19,20,21). The third-order valence-electron chi connectivity index (χ3n) is 4.70. The minimum absolute atomic E-state index is 0.327. The molecule has 0 heterocycles. The maximum absolute atomic E-state index is 9.48. The van der Waals surface area contributed by atoms with Gasteiger partial charge in [-0.1, -0.05) is 25.5 Å². The Morgan fingerprint density at radius 2 is 2.09 bits per heavy atom. The summed E-state index contributed by atoms with van der Waals surface area (Å²) in [5.74, 6) is 1.23. The second-order valence-corrected chi connectivity index (χ2v) is 6.25. The third kappa shape index (κ3) is 4.65. The van der Waals surface area contributed by atoms with E-state index in [0.29, 0.717) is 11.2 Å². The smallest absolute Gasteiger partial charge is 0.191 e. The van der Waals surface area contributed by atoms with Gasteiger partial charge < -0.3 is 15.7 Å². The normalized spacial score (nSPS) is 16.9. The van der Waals surface area contributed by atoms with Crippen LogP contribution in [0.1, 0.15) is 45.1 Å². The monoisotopic (exact) mass is 303 g/mol. The van der Waals surface area contributed by atoms with Gasteiger partial charge in [0, 0.05) is 19.6 Å². The number of phenolic OH excluding ortho intramolecular Hbond substituents is 1. The minimum atomic E-state index is 0.327. The summed E-state index contributed by atoms with van der Waals surface area (Å²) in [6.07, 6.45) is 6.08. The van der Waals surface area contributed by atoms with Crippen molar-refractivity contribution in [1.29, 1.82) is 0 Å². The number of rotatable bonds is 7. The molecule has 1 saturated carbocycles. The van der Waals surface area contributed by atoms with Crippen molar-refractivity contribution in [2.24, 2.45) is 10.4 Å². The predicted octanol–water partition coefficient (Wildman–Crippen LogP) is 3.07. The molecule has 1 aromatic rings. The summed E-state index contributed by atoms with van der Waals surface area (Å²) in [6.45, 7) is 6.97. The molecule has 22 heavy (non-hydrogen) atoms. The number of guanidine groups is 1. The maximum Gasteiger partial charge on any atom is 0.191 e. The maximum atomic E-state index is 9.48. The lowest BCUT2D eigenvalue weighted by Crippen LogP contribution is -2.40. The SMILES string of the molecule is CCNC(=NCC1(CC)CCC1)NCCc1cccc(O)c1. The first-order chi connectivity index (χ1) is 10.7. The summed E-state index contributed by atoms with van der Waals surface area (Å²) in [5.41, 5.74) is 1.58. The number of benzene rings is 1. The van der Waals surface area contributed by atoms with Crippen molar-refractivity contribution in [1.82, 2.24) is 10.6 Å². The van der Waals surface area contributed by atoms with Crippen LogP contribution in [-0.4, -0.2) is 30.7 Å². The van der Waals surface area contributed by atoms with Gasteiger partial charge in [0.15, 0.2) is 5.96 Å². The molecular formula is C18H29N3O. The summed E-state index contributed by atoms with van der Waals surface area (Å²) >= 11 is 0. The molecule has 1 aromatic carbocycles. The lowest BCUT2D eigenvalue weighted by Gasteiger charge is -2.40. The Morgan fingerprint density at radius 1 is 1.27 bits per heavy atom. The van der Waals surface area contributed by atoms with Crippen molar-refractivity contribution < 1.29 is 5.11 Å². The van der Waals surface area contributed by atoms with Crippen LogP contribution in [0.3, 0.4) is 0 Å². The molecule has 0 atom stereocenters. The van der Waals surface area contributed by atoms with E-state index in [1.165, 1.54) is 25.7 Å². The van der Waals surface area contributed by atoms with Crippen LogP contribution < -0.4 is 10.6 Å². The van der Waals surface area contributed by atoms with Crippen LogP contribution in [0.15, 0.2) is 29.3 Å². The average molecular weight is 303 g/mol. The van der Waals surface area contributed by atoms with E-state index in [2.05, 4.69) is 24.5 Å². The van der Waals surface area contributed by atoms with Gasteiger partial charge in [0.2, 0.25) is 0 Å². The molecule has 122 valence electrons. The molecule has 0 bridgehead atoms. The van der Waals surface area contributed by atoms with Crippen LogP contribution in [0.2, 0.25) is 0 Å². The largest absolute Gasteiger partial charge is 0.508 e. The quantitative estimate of drug-likeness (QED) is 0.536. The lowest BCUT2D eigenvalue weighted by molar-refractivity contribution is 0.139. The predicted molar refractivity (Wildman–Crippen MR) is 92.4 cm³/mol. The van der Waals surface area contributed by atoms with Crippen molar-refractivity contribution >= 4 is 5.96 Å². The fraction of sp³-hybridized carbons (Fsp3) is 0.611. The molecule has 0 radical (unpaired) electrons. The zero-order chi connectivity index (χ0) is 15.8. The molecule has 2 rings (SSSR count). The summed E-state index contributed by atoms with van der Waals surface area (Å²) in [6, 6.07) is 7.43. The zero-order valence-corrected chi connectivity index (χ0v) is 13.9.